The van der Waals surface area contributed by atoms with Crippen LogP contribution in [-0.2, 0) is 29.1 Å². The van der Waals surface area contributed by atoms with Crippen LogP contribution in [0, 0.1) is 29.6 Å². The van der Waals surface area contributed by atoms with Crippen molar-refractivity contribution in [3.05, 3.63) is 104 Å². The summed E-state index contributed by atoms with van der Waals surface area (Å²) in [7, 11) is 1.56. The van der Waals surface area contributed by atoms with Crippen LogP contribution >= 0.6 is 22.9 Å². The van der Waals surface area contributed by atoms with Gasteiger partial charge >= 0.3 is 0 Å². The highest BCUT2D eigenvalue weighted by Crippen LogP contribution is 2.40. The highest BCUT2D eigenvalue weighted by molar-refractivity contribution is 7.17. The van der Waals surface area contributed by atoms with E-state index in [0.717, 1.165) is 87.5 Å². The maximum absolute atomic E-state index is 13.0. The molecule has 2 aliphatic heterocycles. The molecule has 0 radical (unpaired) electrons. The van der Waals surface area contributed by atoms with Crippen molar-refractivity contribution in [2.75, 3.05) is 11.9 Å². The standard InChI is InChI=1S/C41H43ClN8O3S/c1-25-35(54-41-37(25)38(30-11-13-32(42)14-12-30)47-26(2)39(44)50(41)27(3)43)17-10-29-21-46-48(22-29)19-7-5-6-8-28-9-16-34-31(20-28)23-49(40(34)53)33(24-51)15-18-36(52)45-4/h9,11-14,16,20-22,24,26,33,43-44H,5-8,15,18-19,23H2,1-4H3,(H,45,52)/t26-,33?/m0/s1. The van der Waals surface area contributed by atoms with Gasteiger partial charge < -0.3 is 15.0 Å². The molecule has 0 spiro atoms. The van der Waals surface area contributed by atoms with E-state index in [1.54, 1.807) is 30.0 Å². The Labute approximate surface area is 324 Å². The molecule has 0 saturated carbocycles. The van der Waals surface area contributed by atoms with E-state index in [2.05, 4.69) is 28.3 Å². The first kappa shape index (κ1) is 38.3. The Balaban J connectivity index is 1.06. The summed E-state index contributed by atoms with van der Waals surface area (Å²) < 4.78 is 1.91. The first-order chi connectivity index (χ1) is 26.0. The molecule has 2 aromatic heterocycles. The summed E-state index contributed by atoms with van der Waals surface area (Å²) in [6.07, 6.45) is 8.80. The van der Waals surface area contributed by atoms with Gasteiger partial charge in [-0.2, -0.15) is 5.10 Å². The predicted molar refractivity (Wildman–Crippen MR) is 214 cm³/mol. The summed E-state index contributed by atoms with van der Waals surface area (Å²) in [5.74, 6) is 6.80. The number of halogens is 1. The highest BCUT2D eigenvalue weighted by atomic mass is 35.5. The number of nitrogens with zero attached hydrogens (tertiary/aromatic N) is 5. The number of aryl methyl sites for hydroxylation is 2. The Morgan fingerprint density at radius 1 is 1.17 bits per heavy atom. The lowest BCUT2D eigenvalue weighted by atomic mass is 9.99. The van der Waals surface area contributed by atoms with E-state index in [0.29, 0.717) is 23.6 Å². The van der Waals surface area contributed by atoms with Gasteiger partial charge in [0.05, 0.1) is 28.4 Å². The summed E-state index contributed by atoms with van der Waals surface area (Å²) in [6, 6.07) is 12.4. The Hall–Kier alpha value is -5.38. The molecule has 2 aliphatic rings. The number of amides is 2. The lowest BCUT2D eigenvalue weighted by molar-refractivity contribution is -0.121. The average Bonchev–Trinajstić information content (AvgIpc) is 3.82. The number of thiophene rings is 1. The summed E-state index contributed by atoms with van der Waals surface area (Å²) in [5, 5.41) is 25.9. The van der Waals surface area contributed by atoms with Gasteiger partial charge in [0.1, 0.15) is 29.0 Å². The summed E-state index contributed by atoms with van der Waals surface area (Å²) in [4.78, 5) is 45.4. The van der Waals surface area contributed by atoms with Gasteiger partial charge in [0.15, 0.2) is 0 Å². The maximum Gasteiger partial charge on any atom is 0.255 e. The van der Waals surface area contributed by atoms with E-state index >= 15 is 0 Å². The normalized spacial score (nSPS) is 15.5. The largest absolute Gasteiger partial charge is 0.359 e. The van der Waals surface area contributed by atoms with E-state index in [1.165, 1.54) is 11.3 Å². The second kappa shape index (κ2) is 16.7. The number of aldehydes is 1. The number of aliphatic imine (C=N–C) groups is 1. The van der Waals surface area contributed by atoms with E-state index in [-0.39, 0.29) is 29.9 Å². The lowest BCUT2D eigenvalue weighted by Crippen LogP contribution is -2.38. The number of nitrogens with one attached hydrogen (secondary N) is 3. The van der Waals surface area contributed by atoms with E-state index in [1.807, 2.05) is 61.1 Å². The summed E-state index contributed by atoms with van der Waals surface area (Å²) in [6.45, 7) is 6.71. The number of benzene rings is 2. The van der Waals surface area contributed by atoms with Gasteiger partial charge in [-0.25, -0.2) is 0 Å². The Morgan fingerprint density at radius 3 is 2.67 bits per heavy atom. The number of hydrogen-bond donors (Lipinski definition) is 3. The Kier molecular flexibility index (Phi) is 11.9. The number of carbonyl (C=O) groups excluding carboxylic acids is 3. The second-order valence-corrected chi connectivity index (χ2v) is 15.0. The Bertz CT molecular complexity index is 2210. The number of hydrogen-bond acceptors (Lipinski definition) is 8. The van der Waals surface area contributed by atoms with Crippen LogP contribution in [0.3, 0.4) is 0 Å². The van der Waals surface area contributed by atoms with Gasteiger partial charge in [-0.15, -0.1) is 11.3 Å². The molecule has 6 rings (SSSR count). The van der Waals surface area contributed by atoms with Gasteiger partial charge in [0.2, 0.25) is 5.91 Å². The number of rotatable bonds is 12. The quantitative estimate of drug-likeness (QED) is 0.0478. The van der Waals surface area contributed by atoms with Crippen molar-refractivity contribution in [2.45, 2.75) is 84.5 Å². The van der Waals surface area contributed by atoms with Crippen LogP contribution in [0.5, 0.6) is 0 Å². The summed E-state index contributed by atoms with van der Waals surface area (Å²) in [5.41, 5.74) is 6.99. The van der Waals surface area contributed by atoms with Crippen LogP contribution in [0.2, 0.25) is 5.02 Å². The number of unbranched alkanes of at least 4 members (excludes halogenated alkanes) is 2. The minimum atomic E-state index is -0.623. The van der Waals surface area contributed by atoms with Gasteiger partial charge in [-0.3, -0.25) is 35.0 Å². The minimum Gasteiger partial charge on any atom is -0.359 e. The summed E-state index contributed by atoms with van der Waals surface area (Å²) >= 11 is 7.66. The molecule has 2 amide bonds. The highest BCUT2D eigenvalue weighted by Gasteiger charge is 2.34. The number of aromatic nitrogens is 2. The monoisotopic (exact) mass is 762 g/mol. The van der Waals surface area contributed by atoms with Crippen LogP contribution in [0.25, 0.3) is 0 Å². The van der Waals surface area contributed by atoms with E-state index in [4.69, 9.17) is 27.4 Å². The van der Waals surface area contributed by atoms with Gasteiger partial charge in [0, 0.05) is 54.5 Å². The van der Waals surface area contributed by atoms with Crippen LogP contribution in [0.4, 0.5) is 5.00 Å². The van der Waals surface area contributed by atoms with Crippen LogP contribution in [-0.4, -0.2) is 69.3 Å². The van der Waals surface area contributed by atoms with Crippen LogP contribution in [0.1, 0.15) is 94.6 Å². The van der Waals surface area contributed by atoms with E-state index in [9.17, 15) is 14.4 Å². The smallest absolute Gasteiger partial charge is 0.255 e. The minimum absolute atomic E-state index is 0.153. The molecule has 11 nitrogen and oxygen atoms in total. The zero-order chi connectivity index (χ0) is 38.5. The molecular formula is C41H43ClN8O3S. The van der Waals surface area contributed by atoms with Crippen molar-refractivity contribution in [3.63, 3.8) is 0 Å². The molecule has 278 valence electrons. The number of fused-ring (bicyclic) bond motifs is 2. The fourth-order valence-electron chi connectivity index (χ4n) is 6.81. The third-order valence-corrected chi connectivity index (χ3v) is 11.2. The molecule has 2 aromatic carbocycles. The third-order valence-electron chi connectivity index (χ3n) is 9.79. The number of amidine groups is 2. The zero-order valence-corrected chi connectivity index (χ0v) is 32.4. The first-order valence-corrected chi connectivity index (χ1v) is 19.2. The van der Waals surface area contributed by atoms with Crippen LogP contribution in [0.15, 0.2) is 59.9 Å². The topological polar surface area (TPSA) is 148 Å². The molecular weight excluding hydrogens is 720 g/mol. The van der Waals surface area contributed by atoms with Gasteiger partial charge in [-0.05, 0) is 81.3 Å². The Morgan fingerprint density at radius 2 is 1.94 bits per heavy atom. The van der Waals surface area contributed by atoms with Crippen molar-refractivity contribution < 1.29 is 14.4 Å². The van der Waals surface area contributed by atoms with Crippen molar-refractivity contribution >= 4 is 63.4 Å². The molecule has 2 atom stereocenters. The fourth-order valence-corrected chi connectivity index (χ4v) is 8.16. The molecule has 0 bridgehead atoms. The molecule has 4 heterocycles. The molecule has 0 fully saturated rings. The van der Waals surface area contributed by atoms with Crippen molar-refractivity contribution in [2.24, 2.45) is 4.99 Å². The van der Waals surface area contributed by atoms with Gasteiger partial charge in [-0.1, -0.05) is 54.1 Å². The first-order valence-electron chi connectivity index (χ1n) is 18.0. The fraction of sp³-hybridized carbons (Fsp3) is 0.341. The van der Waals surface area contributed by atoms with E-state index < -0.39 is 12.1 Å². The molecule has 3 N–H and O–H groups in total. The maximum atomic E-state index is 13.0. The predicted octanol–water partition coefficient (Wildman–Crippen LogP) is 6.79. The SMILES string of the molecule is CNC(=O)CCC(C=O)N1Cc2cc(CCCCCn3cc(C#Cc4sc5c(c4C)C(c4ccc(Cl)cc4)=N[C@@H](C)C(=N)N5C(C)=N)cn3)ccc2C1=O. The molecule has 4 aromatic rings. The van der Waals surface area contributed by atoms with Crippen molar-refractivity contribution in [1.29, 1.82) is 10.8 Å². The average molecular weight is 763 g/mol. The molecule has 54 heavy (non-hydrogen) atoms. The van der Waals surface area contributed by atoms with Crippen molar-refractivity contribution in [3.8, 4) is 11.8 Å². The molecule has 13 heteroatoms. The lowest BCUT2D eigenvalue weighted by Gasteiger charge is -2.23. The van der Waals surface area contributed by atoms with Gasteiger partial charge in [0.25, 0.3) is 5.91 Å². The number of carbonyl (C=O) groups is 3. The van der Waals surface area contributed by atoms with Crippen molar-refractivity contribution in [1.82, 2.24) is 20.0 Å². The molecule has 0 saturated heterocycles. The number of anilines is 1. The molecule has 1 unspecified atom stereocenters. The third kappa shape index (κ3) is 8.22. The second-order valence-electron chi connectivity index (χ2n) is 13.6. The zero-order valence-electron chi connectivity index (χ0n) is 30.8. The van der Waals surface area contributed by atoms with Crippen LogP contribution < -0.4 is 10.2 Å². The molecule has 0 aliphatic carbocycles.